The third-order valence-corrected chi connectivity index (χ3v) is 6.67. The zero-order valence-corrected chi connectivity index (χ0v) is 18.6. The standard InChI is InChI=1S/C27H25F2N3O2/c28-22-12-11-21(17-23(22)29)32-25(33)18-24(27(32)34)30-13-15-31(16-14-30)26(19-7-3-1-4-8-19)20-9-5-2-6-10-20/h1-12,17,24,26H,13-16,18H2/t24-/m1/s1. The lowest BCUT2D eigenvalue weighted by atomic mass is 9.96. The van der Waals surface area contributed by atoms with Crippen molar-refractivity contribution in [2.24, 2.45) is 0 Å². The zero-order valence-electron chi connectivity index (χ0n) is 18.6. The first kappa shape index (κ1) is 22.4. The Labute approximate surface area is 197 Å². The molecule has 0 aliphatic carbocycles. The highest BCUT2D eigenvalue weighted by Crippen LogP contribution is 2.32. The molecule has 0 N–H and O–H groups in total. The van der Waals surface area contributed by atoms with Gasteiger partial charge in [-0.15, -0.1) is 0 Å². The largest absolute Gasteiger partial charge is 0.290 e. The minimum atomic E-state index is -1.08. The predicted octanol–water partition coefficient (Wildman–Crippen LogP) is 4.00. The molecule has 2 heterocycles. The van der Waals surface area contributed by atoms with Gasteiger partial charge in [0.2, 0.25) is 5.91 Å². The number of nitrogens with zero attached hydrogens (tertiary/aromatic N) is 3. The van der Waals surface area contributed by atoms with Crippen LogP contribution in [0.5, 0.6) is 0 Å². The SMILES string of the molecule is O=C1C[C@@H](N2CCN(C(c3ccccc3)c3ccccc3)CC2)C(=O)N1c1ccc(F)c(F)c1. The van der Waals surface area contributed by atoms with Crippen LogP contribution in [0.1, 0.15) is 23.6 Å². The average molecular weight is 462 g/mol. The molecule has 3 aromatic rings. The van der Waals surface area contributed by atoms with E-state index >= 15 is 0 Å². The highest BCUT2D eigenvalue weighted by Gasteiger charge is 2.44. The van der Waals surface area contributed by atoms with Crippen LogP contribution in [0.15, 0.2) is 78.9 Å². The molecule has 174 valence electrons. The van der Waals surface area contributed by atoms with Crippen molar-refractivity contribution in [1.82, 2.24) is 9.80 Å². The van der Waals surface area contributed by atoms with Crippen molar-refractivity contribution in [3.63, 3.8) is 0 Å². The number of benzene rings is 3. The molecule has 2 aliphatic heterocycles. The van der Waals surface area contributed by atoms with Gasteiger partial charge in [0.05, 0.1) is 24.2 Å². The summed E-state index contributed by atoms with van der Waals surface area (Å²) >= 11 is 0. The molecule has 0 spiro atoms. The number of carbonyl (C=O) groups excluding carboxylic acids is 2. The van der Waals surface area contributed by atoms with E-state index in [0.717, 1.165) is 30.1 Å². The number of carbonyl (C=O) groups is 2. The molecule has 2 saturated heterocycles. The topological polar surface area (TPSA) is 43.9 Å². The molecule has 0 unspecified atom stereocenters. The number of halogens is 2. The van der Waals surface area contributed by atoms with Gasteiger partial charge in [-0.2, -0.15) is 0 Å². The van der Waals surface area contributed by atoms with Gasteiger partial charge in [-0.05, 0) is 23.3 Å². The Hall–Kier alpha value is -3.42. The summed E-state index contributed by atoms with van der Waals surface area (Å²) in [6.45, 7) is 2.73. The molecule has 2 aliphatic rings. The van der Waals surface area contributed by atoms with Crippen molar-refractivity contribution in [1.29, 1.82) is 0 Å². The van der Waals surface area contributed by atoms with Gasteiger partial charge >= 0.3 is 0 Å². The first-order valence-corrected chi connectivity index (χ1v) is 11.4. The Balaban J connectivity index is 1.31. The quantitative estimate of drug-likeness (QED) is 0.539. The number of hydrogen-bond donors (Lipinski definition) is 0. The molecule has 34 heavy (non-hydrogen) atoms. The molecule has 5 nitrogen and oxygen atoms in total. The molecule has 0 radical (unpaired) electrons. The fourth-order valence-electron chi connectivity index (χ4n) is 4.99. The normalized spacial score (nSPS) is 19.9. The Bertz CT molecular complexity index is 1140. The number of rotatable bonds is 5. The summed E-state index contributed by atoms with van der Waals surface area (Å²) < 4.78 is 27.0. The molecular weight excluding hydrogens is 436 g/mol. The molecule has 2 amide bonds. The van der Waals surface area contributed by atoms with E-state index in [1.807, 2.05) is 41.3 Å². The van der Waals surface area contributed by atoms with Gasteiger partial charge in [0.15, 0.2) is 11.6 Å². The zero-order chi connectivity index (χ0) is 23.7. The highest BCUT2D eigenvalue weighted by atomic mass is 19.2. The summed E-state index contributed by atoms with van der Waals surface area (Å²) in [5.41, 5.74) is 2.49. The molecule has 0 bridgehead atoms. The van der Waals surface area contributed by atoms with E-state index in [1.165, 1.54) is 17.2 Å². The van der Waals surface area contributed by atoms with Gasteiger partial charge in [0, 0.05) is 32.2 Å². The summed E-state index contributed by atoms with van der Waals surface area (Å²) in [6.07, 6.45) is 0.0403. The lowest BCUT2D eigenvalue weighted by Crippen LogP contribution is -2.53. The lowest BCUT2D eigenvalue weighted by Gasteiger charge is -2.41. The van der Waals surface area contributed by atoms with Gasteiger partial charge in [-0.1, -0.05) is 60.7 Å². The number of imide groups is 1. The van der Waals surface area contributed by atoms with Crippen molar-refractivity contribution >= 4 is 17.5 Å². The van der Waals surface area contributed by atoms with E-state index in [2.05, 4.69) is 29.2 Å². The number of hydrogen-bond acceptors (Lipinski definition) is 4. The summed E-state index contributed by atoms with van der Waals surface area (Å²) in [5.74, 6) is -2.87. The molecular formula is C27H25F2N3O2. The average Bonchev–Trinajstić information content (AvgIpc) is 3.16. The van der Waals surface area contributed by atoms with Crippen molar-refractivity contribution in [2.75, 3.05) is 31.1 Å². The van der Waals surface area contributed by atoms with E-state index in [9.17, 15) is 18.4 Å². The van der Waals surface area contributed by atoms with E-state index in [0.29, 0.717) is 13.1 Å². The monoisotopic (exact) mass is 461 g/mol. The second-order valence-electron chi connectivity index (χ2n) is 8.68. The molecule has 5 rings (SSSR count). The van der Waals surface area contributed by atoms with Crippen LogP contribution in [0.4, 0.5) is 14.5 Å². The predicted molar refractivity (Wildman–Crippen MR) is 125 cm³/mol. The molecule has 7 heteroatoms. The number of anilines is 1. The van der Waals surface area contributed by atoms with E-state index in [4.69, 9.17) is 0 Å². The number of amides is 2. The Morgan fingerprint density at radius 2 is 1.32 bits per heavy atom. The second kappa shape index (κ2) is 9.44. The maximum Gasteiger partial charge on any atom is 0.251 e. The van der Waals surface area contributed by atoms with Crippen LogP contribution in [0.3, 0.4) is 0 Å². The molecule has 1 atom stereocenters. The summed E-state index contributed by atoms with van der Waals surface area (Å²) in [7, 11) is 0. The number of piperazine rings is 1. The maximum absolute atomic E-state index is 13.7. The van der Waals surface area contributed by atoms with Crippen molar-refractivity contribution in [3.8, 4) is 0 Å². The maximum atomic E-state index is 13.7. The van der Waals surface area contributed by atoms with Gasteiger partial charge < -0.3 is 0 Å². The Kier molecular flexibility index (Phi) is 6.22. The Morgan fingerprint density at radius 3 is 1.88 bits per heavy atom. The first-order valence-electron chi connectivity index (χ1n) is 11.4. The minimum absolute atomic E-state index is 0.0403. The third-order valence-electron chi connectivity index (χ3n) is 6.67. The van der Waals surface area contributed by atoms with Crippen LogP contribution >= 0.6 is 0 Å². The lowest BCUT2D eigenvalue weighted by molar-refractivity contribution is -0.123. The minimum Gasteiger partial charge on any atom is -0.290 e. The molecule has 3 aromatic carbocycles. The van der Waals surface area contributed by atoms with Gasteiger partial charge in [-0.3, -0.25) is 19.4 Å². The van der Waals surface area contributed by atoms with Crippen molar-refractivity contribution < 1.29 is 18.4 Å². The summed E-state index contributed by atoms with van der Waals surface area (Å²) in [5, 5.41) is 0. The summed E-state index contributed by atoms with van der Waals surface area (Å²) in [6, 6.07) is 23.3. The summed E-state index contributed by atoms with van der Waals surface area (Å²) in [4.78, 5) is 31.1. The van der Waals surface area contributed by atoms with E-state index < -0.39 is 23.6 Å². The van der Waals surface area contributed by atoms with E-state index in [-0.39, 0.29) is 24.1 Å². The second-order valence-corrected chi connectivity index (χ2v) is 8.68. The van der Waals surface area contributed by atoms with Crippen LogP contribution in [0.2, 0.25) is 0 Å². The van der Waals surface area contributed by atoms with Gasteiger partial charge in [-0.25, -0.2) is 13.7 Å². The third kappa shape index (κ3) is 4.24. The van der Waals surface area contributed by atoms with Crippen molar-refractivity contribution in [3.05, 3.63) is 102 Å². The van der Waals surface area contributed by atoms with Crippen LogP contribution in [0, 0.1) is 11.6 Å². The van der Waals surface area contributed by atoms with Crippen LogP contribution < -0.4 is 4.90 Å². The fraction of sp³-hybridized carbons (Fsp3) is 0.259. The van der Waals surface area contributed by atoms with E-state index in [1.54, 1.807) is 0 Å². The van der Waals surface area contributed by atoms with Crippen LogP contribution in [0.25, 0.3) is 0 Å². The molecule has 0 aromatic heterocycles. The first-order chi connectivity index (χ1) is 16.5. The Morgan fingerprint density at radius 1 is 0.735 bits per heavy atom. The van der Waals surface area contributed by atoms with Gasteiger partial charge in [0.1, 0.15) is 0 Å². The molecule has 0 saturated carbocycles. The van der Waals surface area contributed by atoms with Gasteiger partial charge in [0.25, 0.3) is 5.91 Å². The van der Waals surface area contributed by atoms with Crippen molar-refractivity contribution in [2.45, 2.75) is 18.5 Å². The van der Waals surface area contributed by atoms with Crippen LogP contribution in [-0.4, -0.2) is 53.8 Å². The fourth-order valence-corrected chi connectivity index (χ4v) is 4.99. The highest BCUT2D eigenvalue weighted by molar-refractivity contribution is 6.22. The van der Waals surface area contributed by atoms with Crippen LogP contribution in [-0.2, 0) is 9.59 Å². The smallest absolute Gasteiger partial charge is 0.251 e. The molecule has 2 fully saturated rings.